The third-order valence-electron chi connectivity index (χ3n) is 4.17. The lowest BCUT2D eigenvalue weighted by Crippen LogP contribution is -2.63. The number of nitrogens with one attached hydrogen (secondary N) is 2. The van der Waals surface area contributed by atoms with E-state index < -0.39 is 22.0 Å². The predicted molar refractivity (Wildman–Crippen MR) is 87.0 cm³/mol. The van der Waals surface area contributed by atoms with Crippen LogP contribution < -0.4 is 10.0 Å². The topological polar surface area (TPSA) is 116 Å². The molecule has 1 aromatic carbocycles. The maximum atomic E-state index is 12.2. The summed E-state index contributed by atoms with van der Waals surface area (Å²) in [7, 11) is -3.77. The summed E-state index contributed by atoms with van der Waals surface area (Å²) in [4.78, 5) is 37.8. The van der Waals surface area contributed by atoms with Crippen molar-refractivity contribution < 1.29 is 22.8 Å². The SMILES string of the molecule is Cc1cccc(S(=O)(=O)NCC(=O)N2CC(N3C(=O)CNC3=O)C2)c1. The molecule has 9 nitrogen and oxygen atoms in total. The molecule has 25 heavy (non-hydrogen) atoms. The molecule has 2 aliphatic rings. The van der Waals surface area contributed by atoms with Crippen LogP contribution in [0.25, 0.3) is 0 Å². The Labute approximate surface area is 145 Å². The van der Waals surface area contributed by atoms with E-state index in [0.29, 0.717) is 0 Å². The first-order valence-corrected chi connectivity index (χ1v) is 9.20. The summed E-state index contributed by atoms with van der Waals surface area (Å²) in [6.45, 7) is 1.80. The summed E-state index contributed by atoms with van der Waals surface area (Å²) in [6.07, 6.45) is 0. The molecule has 0 saturated carbocycles. The van der Waals surface area contributed by atoms with Crippen molar-refractivity contribution in [1.29, 1.82) is 0 Å². The van der Waals surface area contributed by atoms with Gasteiger partial charge in [-0.05, 0) is 24.6 Å². The van der Waals surface area contributed by atoms with Crippen LogP contribution in [0.1, 0.15) is 5.56 Å². The van der Waals surface area contributed by atoms with Gasteiger partial charge in [0.25, 0.3) is 0 Å². The average Bonchev–Trinajstić information content (AvgIpc) is 2.84. The lowest BCUT2D eigenvalue weighted by atomic mass is 10.1. The fourth-order valence-electron chi connectivity index (χ4n) is 2.76. The molecule has 2 N–H and O–H groups in total. The third kappa shape index (κ3) is 3.49. The van der Waals surface area contributed by atoms with Crippen molar-refractivity contribution in [3.63, 3.8) is 0 Å². The van der Waals surface area contributed by atoms with Gasteiger partial charge in [0.05, 0.1) is 24.0 Å². The smallest absolute Gasteiger partial charge is 0.324 e. The van der Waals surface area contributed by atoms with Crippen molar-refractivity contribution >= 4 is 27.9 Å². The van der Waals surface area contributed by atoms with Crippen LogP contribution in [-0.2, 0) is 19.6 Å². The highest BCUT2D eigenvalue weighted by Crippen LogP contribution is 2.18. The number of aryl methyl sites for hydroxylation is 1. The van der Waals surface area contributed by atoms with Crippen molar-refractivity contribution in [2.45, 2.75) is 17.9 Å². The number of hydrogen-bond donors (Lipinski definition) is 2. The standard InChI is InChI=1S/C15H18N4O5S/c1-10-3-2-4-12(5-10)25(23,24)17-7-13(20)18-8-11(9-18)19-14(21)6-16-15(19)22/h2-5,11,17H,6-9H2,1H3,(H,16,22). The molecule has 0 unspecified atom stereocenters. The molecule has 0 atom stereocenters. The Hall–Kier alpha value is -2.46. The van der Waals surface area contributed by atoms with Crippen LogP contribution in [0.15, 0.2) is 29.2 Å². The highest BCUT2D eigenvalue weighted by Gasteiger charge is 2.42. The first kappa shape index (κ1) is 17.4. The van der Waals surface area contributed by atoms with E-state index in [1.165, 1.54) is 17.0 Å². The van der Waals surface area contributed by atoms with Gasteiger partial charge in [0.15, 0.2) is 0 Å². The number of carbonyl (C=O) groups excluding carboxylic acids is 3. The van der Waals surface area contributed by atoms with E-state index in [4.69, 9.17) is 0 Å². The average molecular weight is 366 g/mol. The fraction of sp³-hybridized carbons (Fsp3) is 0.400. The second-order valence-corrected chi connectivity index (χ2v) is 7.78. The molecule has 2 aliphatic heterocycles. The van der Waals surface area contributed by atoms with Crippen LogP contribution in [0.5, 0.6) is 0 Å². The van der Waals surface area contributed by atoms with Gasteiger partial charge in [-0.3, -0.25) is 14.5 Å². The summed E-state index contributed by atoms with van der Waals surface area (Å²) in [5, 5.41) is 2.42. The molecule has 10 heteroatoms. The Kier molecular flexibility index (Phi) is 4.48. The van der Waals surface area contributed by atoms with Crippen LogP contribution in [0.3, 0.4) is 0 Å². The molecule has 2 heterocycles. The number of nitrogens with zero attached hydrogens (tertiary/aromatic N) is 2. The van der Waals surface area contributed by atoms with Crippen molar-refractivity contribution in [1.82, 2.24) is 19.8 Å². The van der Waals surface area contributed by atoms with Crippen molar-refractivity contribution in [3.8, 4) is 0 Å². The minimum absolute atomic E-state index is 0.0282. The van der Waals surface area contributed by atoms with Gasteiger partial charge in [0, 0.05) is 13.1 Å². The van der Waals surface area contributed by atoms with Gasteiger partial charge >= 0.3 is 6.03 Å². The fourth-order valence-corrected chi connectivity index (χ4v) is 3.84. The number of carbonyl (C=O) groups is 3. The molecule has 0 bridgehead atoms. The van der Waals surface area contributed by atoms with Gasteiger partial charge in [-0.2, -0.15) is 0 Å². The molecular formula is C15H18N4O5S. The van der Waals surface area contributed by atoms with Crippen LogP contribution in [0.2, 0.25) is 0 Å². The van der Waals surface area contributed by atoms with Crippen molar-refractivity contribution in [3.05, 3.63) is 29.8 Å². The molecule has 2 saturated heterocycles. The Morgan fingerprint density at radius 1 is 1.32 bits per heavy atom. The number of imide groups is 1. The Morgan fingerprint density at radius 3 is 2.64 bits per heavy atom. The molecule has 0 aromatic heterocycles. The number of amides is 4. The lowest BCUT2D eigenvalue weighted by Gasteiger charge is -2.42. The van der Waals surface area contributed by atoms with Crippen LogP contribution in [-0.4, -0.2) is 68.3 Å². The second kappa shape index (κ2) is 6.45. The van der Waals surface area contributed by atoms with Crippen LogP contribution in [0.4, 0.5) is 4.79 Å². The molecule has 0 radical (unpaired) electrons. The molecule has 134 valence electrons. The molecule has 1 aromatic rings. The maximum Gasteiger partial charge on any atom is 0.324 e. The zero-order chi connectivity index (χ0) is 18.2. The minimum atomic E-state index is -3.77. The van der Waals surface area contributed by atoms with Gasteiger partial charge in [0.2, 0.25) is 21.8 Å². The number of hydrogen-bond acceptors (Lipinski definition) is 5. The normalized spacial score (nSPS) is 18.3. The number of rotatable bonds is 5. The van der Waals surface area contributed by atoms with Crippen LogP contribution >= 0.6 is 0 Å². The molecule has 4 amide bonds. The van der Waals surface area contributed by atoms with Gasteiger partial charge in [0.1, 0.15) is 0 Å². The molecule has 0 aliphatic carbocycles. The van der Waals surface area contributed by atoms with E-state index >= 15 is 0 Å². The number of likely N-dealkylation sites (tertiary alicyclic amines) is 1. The summed E-state index contributed by atoms with van der Waals surface area (Å²) in [5.41, 5.74) is 0.799. The molecule has 2 fully saturated rings. The van der Waals surface area contributed by atoms with Crippen LogP contribution in [0, 0.1) is 6.92 Å². The number of benzene rings is 1. The first-order chi connectivity index (χ1) is 11.8. The first-order valence-electron chi connectivity index (χ1n) is 7.72. The third-order valence-corrected chi connectivity index (χ3v) is 5.57. The molecule has 3 rings (SSSR count). The Morgan fingerprint density at radius 2 is 2.04 bits per heavy atom. The number of sulfonamides is 1. The van der Waals surface area contributed by atoms with Crippen molar-refractivity contribution in [2.75, 3.05) is 26.2 Å². The zero-order valence-electron chi connectivity index (χ0n) is 13.6. The quantitative estimate of drug-likeness (QED) is 0.651. The Bertz CT molecular complexity index is 816. The van der Waals surface area contributed by atoms with Gasteiger partial charge in [-0.25, -0.2) is 17.9 Å². The zero-order valence-corrected chi connectivity index (χ0v) is 14.4. The van der Waals surface area contributed by atoms with E-state index in [0.717, 1.165) is 10.5 Å². The monoisotopic (exact) mass is 366 g/mol. The van der Waals surface area contributed by atoms with Gasteiger partial charge < -0.3 is 10.2 Å². The summed E-state index contributed by atoms with van der Waals surface area (Å²) < 4.78 is 26.7. The van der Waals surface area contributed by atoms with E-state index in [1.54, 1.807) is 19.1 Å². The van der Waals surface area contributed by atoms with E-state index in [9.17, 15) is 22.8 Å². The molecule has 0 spiro atoms. The largest absolute Gasteiger partial charge is 0.337 e. The summed E-state index contributed by atoms with van der Waals surface area (Å²) >= 11 is 0. The highest BCUT2D eigenvalue weighted by molar-refractivity contribution is 7.89. The van der Waals surface area contributed by atoms with E-state index in [1.807, 2.05) is 0 Å². The van der Waals surface area contributed by atoms with Gasteiger partial charge in [-0.1, -0.05) is 12.1 Å². The summed E-state index contributed by atoms with van der Waals surface area (Å²) in [5.74, 6) is -0.721. The minimum Gasteiger partial charge on any atom is -0.337 e. The maximum absolute atomic E-state index is 12.2. The van der Waals surface area contributed by atoms with Crippen molar-refractivity contribution in [2.24, 2.45) is 0 Å². The summed E-state index contributed by atoms with van der Waals surface area (Å²) in [6, 6.07) is 5.57. The van der Waals surface area contributed by atoms with Gasteiger partial charge in [-0.15, -0.1) is 0 Å². The predicted octanol–water partition coefficient (Wildman–Crippen LogP) is -0.964. The Balaban J connectivity index is 1.52. The number of urea groups is 1. The second-order valence-electron chi connectivity index (χ2n) is 6.02. The highest BCUT2D eigenvalue weighted by atomic mass is 32.2. The lowest BCUT2D eigenvalue weighted by molar-refractivity contribution is -0.141. The molecular weight excluding hydrogens is 348 g/mol. The van der Waals surface area contributed by atoms with E-state index in [2.05, 4.69) is 10.0 Å². The van der Waals surface area contributed by atoms with E-state index in [-0.39, 0.29) is 43.0 Å².